The number of anilines is 1. The van der Waals surface area contributed by atoms with E-state index in [1.165, 1.54) is 25.0 Å². The minimum Gasteiger partial charge on any atom is -0.497 e. The smallest absolute Gasteiger partial charge is 0.415 e. The molecule has 4 N–H and O–H groups in total. The Morgan fingerprint density at radius 3 is 2.00 bits per heavy atom. The molecule has 0 saturated heterocycles. The molecule has 0 unspecified atom stereocenters. The predicted molar refractivity (Wildman–Crippen MR) is 165 cm³/mol. The van der Waals surface area contributed by atoms with Crippen LogP contribution >= 0.6 is 19.4 Å². The summed E-state index contributed by atoms with van der Waals surface area (Å²) in [5.41, 5.74) is 1.72. The standard InChI is InChI=1S/C28H40N5O11PS/c1-17(13-33-14-30-20-21(33)31-25(29)32-22(20)46-19-11-9-18(39-8)10-12-19)44-28(45(36,37)38,42-15-40-23(34)26(2,3)4)43-16-41-24(35)27(5,6)7/h9-12,14,17H,13,15-16H2,1-8H3,(H2,29,31,32)(H2,36,37,38)/t17-/m1/s1. The lowest BCUT2D eigenvalue weighted by atomic mass is 9.98. The number of imidazole rings is 1. The second-order valence-corrected chi connectivity index (χ2v) is 14.8. The molecule has 0 radical (unpaired) electrons. The average Bonchev–Trinajstić information content (AvgIpc) is 3.33. The van der Waals surface area contributed by atoms with Gasteiger partial charge >= 0.3 is 25.2 Å². The number of hydrogen-bond acceptors (Lipinski definition) is 14. The van der Waals surface area contributed by atoms with Crippen molar-refractivity contribution in [1.82, 2.24) is 19.5 Å². The van der Waals surface area contributed by atoms with E-state index in [0.29, 0.717) is 21.9 Å². The summed E-state index contributed by atoms with van der Waals surface area (Å²) in [5, 5.41) is 0.470. The van der Waals surface area contributed by atoms with E-state index in [9.17, 15) is 23.9 Å². The van der Waals surface area contributed by atoms with Crippen molar-refractivity contribution in [2.45, 2.75) is 76.8 Å². The summed E-state index contributed by atoms with van der Waals surface area (Å²) in [6.45, 7) is 8.98. The fraction of sp³-hybridized carbons (Fsp3) is 0.536. The Hall–Kier alpha value is -3.31. The van der Waals surface area contributed by atoms with Crippen molar-refractivity contribution in [3.63, 3.8) is 0 Å². The summed E-state index contributed by atoms with van der Waals surface area (Å²) >= 11 is 1.30. The molecule has 0 aliphatic carbocycles. The van der Waals surface area contributed by atoms with E-state index < -0.39 is 55.8 Å². The maximum Gasteiger partial charge on any atom is 0.415 e. The molecule has 1 atom stereocenters. The van der Waals surface area contributed by atoms with Crippen LogP contribution < -0.4 is 10.5 Å². The lowest BCUT2D eigenvalue weighted by Gasteiger charge is -2.35. The van der Waals surface area contributed by atoms with Gasteiger partial charge in [-0.1, -0.05) is 11.8 Å². The number of carbonyl (C=O) groups excluding carboxylic acids is 2. The molecule has 0 saturated carbocycles. The van der Waals surface area contributed by atoms with E-state index in [1.807, 2.05) is 12.1 Å². The maximum absolute atomic E-state index is 12.8. The van der Waals surface area contributed by atoms with E-state index in [0.717, 1.165) is 4.90 Å². The summed E-state index contributed by atoms with van der Waals surface area (Å²) in [4.78, 5) is 59.2. The predicted octanol–water partition coefficient (Wildman–Crippen LogP) is 3.89. The van der Waals surface area contributed by atoms with Crippen molar-refractivity contribution in [2.75, 3.05) is 26.4 Å². The first-order chi connectivity index (χ1) is 21.3. The first kappa shape index (κ1) is 37.2. The second kappa shape index (κ2) is 14.6. The topological polar surface area (TPSA) is 217 Å². The monoisotopic (exact) mass is 685 g/mol. The number of aromatic nitrogens is 4. The van der Waals surface area contributed by atoms with Crippen molar-refractivity contribution < 1.29 is 52.4 Å². The average molecular weight is 686 g/mol. The SMILES string of the molecule is COc1ccc(Sc2nc(N)nc3c2ncn3C[C@@H](C)OC(OCOC(=O)C(C)(C)C)(OCOC(=O)C(C)(C)C)P(=O)(O)O)cc1. The highest BCUT2D eigenvalue weighted by Gasteiger charge is 2.54. The Morgan fingerprint density at radius 2 is 1.52 bits per heavy atom. The molecule has 0 spiro atoms. The third-order valence-corrected chi connectivity index (χ3v) is 8.03. The molecular formula is C28H40N5O11PS. The van der Waals surface area contributed by atoms with Crippen molar-refractivity contribution in [3.8, 4) is 5.75 Å². The highest BCUT2D eigenvalue weighted by molar-refractivity contribution is 7.99. The van der Waals surface area contributed by atoms with Crippen LogP contribution in [0, 0.1) is 10.8 Å². The number of carbonyl (C=O) groups is 2. The minimum absolute atomic E-state index is 0.0311. The van der Waals surface area contributed by atoms with E-state index in [2.05, 4.69) is 15.0 Å². The molecule has 16 nitrogen and oxygen atoms in total. The van der Waals surface area contributed by atoms with Crippen LogP contribution in [0.15, 0.2) is 40.5 Å². The van der Waals surface area contributed by atoms with Crippen LogP contribution in [0.4, 0.5) is 5.95 Å². The number of ether oxygens (including phenoxy) is 6. The third kappa shape index (κ3) is 9.61. The number of benzene rings is 1. The molecule has 3 rings (SSSR count). The van der Waals surface area contributed by atoms with E-state index in [1.54, 1.807) is 65.4 Å². The van der Waals surface area contributed by atoms with Crippen molar-refractivity contribution in [1.29, 1.82) is 0 Å². The number of methoxy groups -OCH3 is 1. The zero-order valence-electron chi connectivity index (χ0n) is 26.9. The third-order valence-electron chi connectivity index (χ3n) is 5.97. The zero-order valence-corrected chi connectivity index (χ0v) is 28.6. The molecule has 2 aromatic heterocycles. The molecule has 46 heavy (non-hydrogen) atoms. The highest BCUT2D eigenvalue weighted by Crippen LogP contribution is 2.53. The van der Waals surface area contributed by atoms with Gasteiger partial charge in [-0.15, -0.1) is 0 Å². The number of hydrogen-bond donors (Lipinski definition) is 3. The highest BCUT2D eigenvalue weighted by atomic mass is 32.2. The van der Waals surface area contributed by atoms with Crippen LogP contribution in [-0.4, -0.2) is 73.8 Å². The van der Waals surface area contributed by atoms with E-state index in [-0.39, 0.29) is 12.5 Å². The van der Waals surface area contributed by atoms with Gasteiger partial charge in [0.25, 0.3) is 0 Å². The van der Waals surface area contributed by atoms with Gasteiger partial charge in [-0.25, -0.2) is 9.97 Å². The van der Waals surface area contributed by atoms with Gasteiger partial charge in [-0.05, 0) is 72.7 Å². The van der Waals surface area contributed by atoms with Gasteiger partial charge < -0.3 is 39.0 Å². The molecule has 3 aromatic rings. The number of nitrogens with zero attached hydrogens (tertiary/aromatic N) is 4. The molecule has 1 aromatic carbocycles. The van der Waals surface area contributed by atoms with Crippen molar-refractivity contribution >= 4 is 48.4 Å². The fourth-order valence-corrected chi connectivity index (χ4v) is 5.19. The van der Waals surface area contributed by atoms with Gasteiger partial charge in [0.2, 0.25) is 5.95 Å². The molecule has 0 aliphatic rings. The summed E-state index contributed by atoms with van der Waals surface area (Å²) in [6.07, 6.45) is 0.365. The largest absolute Gasteiger partial charge is 0.497 e. The Kier molecular flexibility index (Phi) is 11.8. The van der Waals surface area contributed by atoms with Crippen LogP contribution in [0.2, 0.25) is 0 Å². The Labute approximate surface area is 270 Å². The second-order valence-electron chi connectivity index (χ2n) is 12.1. The van der Waals surface area contributed by atoms with Crippen LogP contribution in [0.3, 0.4) is 0 Å². The summed E-state index contributed by atoms with van der Waals surface area (Å²) < 4.78 is 46.0. The lowest BCUT2D eigenvalue weighted by molar-refractivity contribution is -0.377. The normalized spacial score (nSPS) is 13.4. The molecule has 0 fully saturated rings. The molecule has 18 heteroatoms. The first-order valence-corrected chi connectivity index (χ1v) is 16.3. The van der Waals surface area contributed by atoms with Gasteiger partial charge in [0.15, 0.2) is 19.2 Å². The Morgan fingerprint density at radius 1 is 0.978 bits per heavy atom. The van der Waals surface area contributed by atoms with Crippen LogP contribution in [0.5, 0.6) is 5.75 Å². The van der Waals surface area contributed by atoms with Crippen LogP contribution in [0.25, 0.3) is 11.2 Å². The Bertz CT molecular complexity index is 1530. The Balaban J connectivity index is 1.87. The number of esters is 2. The summed E-state index contributed by atoms with van der Waals surface area (Å²) in [5.74, 6) is -0.778. The zero-order chi connectivity index (χ0) is 34.5. The number of nitrogens with two attached hydrogens (primary N) is 1. The van der Waals surface area contributed by atoms with E-state index >= 15 is 0 Å². The van der Waals surface area contributed by atoms with Gasteiger partial charge in [-0.3, -0.25) is 23.6 Å². The van der Waals surface area contributed by atoms with Gasteiger partial charge in [0, 0.05) is 4.90 Å². The number of rotatable bonds is 14. The van der Waals surface area contributed by atoms with Gasteiger partial charge in [-0.2, -0.15) is 4.98 Å². The minimum atomic E-state index is -5.49. The summed E-state index contributed by atoms with van der Waals surface area (Å²) in [7, 11) is -3.92. The molecule has 0 bridgehead atoms. The fourth-order valence-electron chi connectivity index (χ4n) is 3.56. The van der Waals surface area contributed by atoms with Crippen molar-refractivity contribution in [3.05, 3.63) is 30.6 Å². The molecule has 0 aliphatic heterocycles. The molecule has 2 heterocycles. The quantitative estimate of drug-likeness (QED) is 0.0949. The van der Waals surface area contributed by atoms with E-state index in [4.69, 9.17) is 34.2 Å². The molecule has 0 amide bonds. The molecular weight excluding hydrogens is 645 g/mol. The lowest BCUT2D eigenvalue weighted by Crippen LogP contribution is -2.44. The van der Waals surface area contributed by atoms with Gasteiger partial charge in [0.1, 0.15) is 16.3 Å². The number of nitrogen functional groups attached to an aromatic ring is 1. The van der Waals surface area contributed by atoms with Crippen LogP contribution in [-0.2, 0) is 44.4 Å². The summed E-state index contributed by atoms with van der Waals surface area (Å²) in [6, 6.07) is 7.29. The molecule has 254 valence electrons. The number of fused-ring (bicyclic) bond motifs is 1. The first-order valence-electron chi connectivity index (χ1n) is 13.9. The van der Waals surface area contributed by atoms with Crippen LogP contribution in [0.1, 0.15) is 48.5 Å². The maximum atomic E-state index is 12.8. The van der Waals surface area contributed by atoms with Gasteiger partial charge in [0.05, 0.1) is 36.9 Å². The van der Waals surface area contributed by atoms with Crippen molar-refractivity contribution in [2.24, 2.45) is 10.8 Å².